The Bertz CT molecular complexity index is 1080. The first kappa shape index (κ1) is 16.9. The average molecular weight is 391 g/mol. The third-order valence-electron chi connectivity index (χ3n) is 5.35. The van der Waals surface area contributed by atoms with Gasteiger partial charge in [0.25, 0.3) is 5.69 Å². The second kappa shape index (κ2) is 6.17. The molecule has 0 bridgehead atoms. The number of non-ortho nitro benzene ring substituents is 1. The van der Waals surface area contributed by atoms with Crippen LogP contribution in [0.3, 0.4) is 0 Å². The molecule has 6 nitrogen and oxygen atoms in total. The molecule has 2 aliphatic rings. The Morgan fingerprint density at radius 2 is 1.96 bits per heavy atom. The van der Waals surface area contributed by atoms with Crippen molar-refractivity contribution in [3.05, 3.63) is 92.2 Å². The van der Waals surface area contributed by atoms with Crippen LogP contribution in [-0.4, -0.2) is 15.6 Å². The first-order valence-corrected chi connectivity index (χ1v) is 9.88. The zero-order valence-corrected chi connectivity index (χ0v) is 15.9. The molecule has 0 aliphatic carbocycles. The van der Waals surface area contributed by atoms with Gasteiger partial charge in [0.1, 0.15) is 5.75 Å². The lowest BCUT2D eigenvalue weighted by atomic mass is 9.93. The number of thiophene rings is 1. The molecule has 140 valence electrons. The van der Waals surface area contributed by atoms with Crippen LogP contribution >= 0.6 is 11.3 Å². The highest BCUT2D eigenvalue weighted by Crippen LogP contribution is 2.50. The molecule has 0 amide bonds. The predicted molar refractivity (Wildman–Crippen MR) is 108 cm³/mol. The summed E-state index contributed by atoms with van der Waals surface area (Å²) in [7, 11) is 0. The number of para-hydroxylation sites is 1. The SMILES string of the molecule is C[C@@]1(c2ccc([N+](=O)[O-])cc2)Oc2ccccc2[C@@H]2CC(c3cccs3)=NN21. The Balaban J connectivity index is 1.63. The van der Waals surface area contributed by atoms with Crippen LogP contribution in [0.15, 0.2) is 71.1 Å². The van der Waals surface area contributed by atoms with Crippen molar-refractivity contribution in [3.8, 4) is 5.75 Å². The highest BCUT2D eigenvalue weighted by atomic mass is 32.1. The molecule has 0 fully saturated rings. The Morgan fingerprint density at radius 3 is 2.68 bits per heavy atom. The van der Waals surface area contributed by atoms with Crippen molar-refractivity contribution in [2.24, 2.45) is 5.10 Å². The van der Waals surface area contributed by atoms with Gasteiger partial charge in [0.05, 0.1) is 21.6 Å². The third-order valence-corrected chi connectivity index (χ3v) is 6.27. The minimum absolute atomic E-state index is 0.0576. The van der Waals surface area contributed by atoms with Crippen molar-refractivity contribution in [3.63, 3.8) is 0 Å². The van der Waals surface area contributed by atoms with E-state index in [1.807, 2.05) is 36.2 Å². The molecule has 0 saturated carbocycles. The minimum atomic E-state index is -0.854. The first-order chi connectivity index (χ1) is 13.6. The van der Waals surface area contributed by atoms with Crippen molar-refractivity contribution >= 4 is 22.7 Å². The molecule has 0 radical (unpaired) electrons. The van der Waals surface area contributed by atoms with Crippen LogP contribution in [0.4, 0.5) is 5.69 Å². The summed E-state index contributed by atoms with van der Waals surface area (Å²) in [6, 6.07) is 18.7. The summed E-state index contributed by atoms with van der Waals surface area (Å²) in [6.07, 6.45) is 0.795. The van der Waals surface area contributed by atoms with E-state index in [0.717, 1.165) is 33.9 Å². The lowest BCUT2D eigenvalue weighted by molar-refractivity contribution is -0.384. The lowest BCUT2D eigenvalue weighted by Gasteiger charge is -2.45. The molecule has 2 atom stereocenters. The number of hydrazone groups is 1. The van der Waals surface area contributed by atoms with Crippen LogP contribution in [-0.2, 0) is 5.72 Å². The van der Waals surface area contributed by atoms with Crippen molar-refractivity contribution in [1.82, 2.24) is 5.01 Å². The van der Waals surface area contributed by atoms with Gasteiger partial charge in [-0.2, -0.15) is 5.10 Å². The van der Waals surface area contributed by atoms with Crippen LogP contribution in [0.25, 0.3) is 0 Å². The number of rotatable bonds is 3. The first-order valence-electron chi connectivity index (χ1n) is 9.00. The molecule has 5 rings (SSSR count). The van der Waals surface area contributed by atoms with E-state index in [1.54, 1.807) is 23.5 Å². The molecule has 0 spiro atoms. The van der Waals surface area contributed by atoms with Gasteiger partial charge in [-0.1, -0.05) is 24.3 Å². The molecule has 0 N–H and O–H groups in total. The smallest absolute Gasteiger partial charge is 0.269 e. The fourth-order valence-corrected chi connectivity index (χ4v) is 4.65. The number of ether oxygens (including phenoxy) is 1. The maximum Gasteiger partial charge on any atom is 0.269 e. The summed E-state index contributed by atoms with van der Waals surface area (Å²) >= 11 is 1.67. The largest absolute Gasteiger partial charge is 0.462 e. The monoisotopic (exact) mass is 391 g/mol. The zero-order chi connectivity index (χ0) is 19.3. The van der Waals surface area contributed by atoms with Crippen LogP contribution in [0.1, 0.15) is 35.4 Å². The van der Waals surface area contributed by atoms with Crippen molar-refractivity contribution in [1.29, 1.82) is 0 Å². The number of nitrogens with zero attached hydrogens (tertiary/aromatic N) is 3. The van der Waals surface area contributed by atoms with E-state index in [-0.39, 0.29) is 11.7 Å². The van der Waals surface area contributed by atoms with E-state index in [4.69, 9.17) is 9.84 Å². The predicted octanol–water partition coefficient (Wildman–Crippen LogP) is 5.07. The van der Waals surface area contributed by atoms with Gasteiger partial charge in [0.15, 0.2) is 0 Å². The highest BCUT2D eigenvalue weighted by molar-refractivity contribution is 7.12. The van der Waals surface area contributed by atoms with Gasteiger partial charge >= 0.3 is 0 Å². The van der Waals surface area contributed by atoms with E-state index in [2.05, 4.69) is 17.5 Å². The number of hydrogen-bond donors (Lipinski definition) is 0. The highest BCUT2D eigenvalue weighted by Gasteiger charge is 2.48. The summed E-state index contributed by atoms with van der Waals surface area (Å²) in [5.74, 6) is 0.826. The molecule has 0 saturated heterocycles. The van der Waals surface area contributed by atoms with E-state index in [0.29, 0.717) is 0 Å². The van der Waals surface area contributed by atoms with Crippen LogP contribution in [0.2, 0.25) is 0 Å². The van der Waals surface area contributed by atoms with Gasteiger partial charge < -0.3 is 4.74 Å². The van der Waals surface area contributed by atoms with Crippen LogP contribution in [0.5, 0.6) is 5.75 Å². The summed E-state index contributed by atoms with van der Waals surface area (Å²) in [5, 5.41) is 20.0. The summed E-state index contributed by atoms with van der Waals surface area (Å²) in [6.45, 7) is 1.97. The number of nitro benzene ring substituents is 1. The third kappa shape index (κ3) is 2.51. The topological polar surface area (TPSA) is 68.0 Å². The number of hydrogen-bond acceptors (Lipinski definition) is 6. The molecule has 28 heavy (non-hydrogen) atoms. The molecular weight excluding hydrogens is 374 g/mol. The van der Waals surface area contributed by atoms with Gasteiger partial charge in [-0.3, -0.25) is 10.1 Å². The minimum Gasteiger partial charge on any atom is -0.462 e. The van der Waals surface area contributed by atoms with Gasteiger partial charge in [0.2, 0.25) is 5.72 Å². The van der Waals surface area contributed by atoms with Crippen LogP contribution in [0, 0.1) is 10.1 Å². The zero-order valence-electron chi connectivity index (χ0n) is 15.1. The maximum atomic E-state index is 11.0. The molecule has 0 unspecified atom stereocenters. The van der Waals surface area contributed by atoms with Crippen molar-refractivity contribution in [2.75, 3.05) is 0 Å². The lowest BCUT2D eigenvalue weighted by Crippen LogP contribution is -2.48. The number of benzene rings is 2. The van der Waals surface area contributed by atoms with E-state index in [1.165, 1.54) is 12.1 Å². The van der Waals surface area contributed by atoms with Crippen molar-refractivity contribution in [2.45, 2.75) is 25.1 Å². The van der Waals surface area contributed by atoms with Gasteiger partial charge in [-0.25, -0.2) is 5.01 Å². The van der Waals surface area contributed by atoms with E-state index >= 15 is 0 Å². The van der Waals surface area contributed by atoms with Gasteiger partial charge in [0, 0.05) is 36.6 Å². The molecule has 3 aromatic rings. The van der Waals surface area contributed by atoms with E-state index in [9.17, 15) is 10.1 Å². The van der Waals surface area contributed by atoms with Crippen molar-refractivity contribution < 1.29 is 9.66 Å². The maximum absolute atomic E-state index is 11.0. The fourth-order valence-electron chi connectivity index (χ4n) is 3.93. The Hall–Kier alpha value is -3.19. The second-order valence-corrected chi connectivity index (χ2v) is 7.96. The number of nitro groups is 1. The fraction of sp³-hybridized carbons (Fsp3) is 0.190. The Kier molecular flexibility index (Phi) is 3.73. The summed E-state index contributed by atoms with van der Waals surface area (Å²) in [4.78, 5) is 11.8. The van der Waals surface area contributed by atoms with Gasteiger partial charge in [-0.15, -0.1) is 11.3 Å². The molecule has 2 aliphatic heterocycles. The quantitative estimate of drug-likeness (QED) is 0.462. The standard InChI is InChI=1S/C21H17N3O3S/c1-21(14-8-10-15(11-9-14)24(25)26)23-18(16-5-2-3-6-19(16)27-21)13-17(22-23)20-7-4-12-28-20/h2-12,18H,13H2,1H3/t18-,21-/m0/s1. The molecule has 3 heterocycles. The Labute approximate surface area is 165 Å². The summed E-state index contributed by atoms with van der Waals surface area (Å²) in [5.41, 5.74) is 2.18. The normalized spacial score (nSPS) is 22.8. The molecular formula is C21H17N3O3S. The molecule has 7 heteroatoms. The van der Waals surface area contributed by atoms with E-state index < -0.39 is 10.6 Å². The second-order valence-electron chi connectivity index (χ2n) is 7.02. The average Bonchev–Trinajstić information content (AvgIpc) is 3.38. The summed E-state index contributed by atoms with van der Waals surface area (Å²) < 4.78 is 6.44. The molecule has 2 aromatic carbocycles. The number of fused-ring (bicyclic) bond motifs is 3. The van der Waals surface area contributed by atoms with Gasteiger partial charge in [-0.05, 0) is 29.6 Å². The van der Waals surface area contributed by atoms with Crippen LogP contribution < -0.4 is 4.74 Å². The Morgan fingerprint density at radius 1 is 1.18 bits per heavy atom. The molecule has 1 aromatic heterocycles.